The van der Waals surface area contributed by atoms with Crippen LogP contribution in [0.2, 0.25) is 0 Å². The standard InChI is InChI=1S/C30H19N3.C29H18N3.2C18H14N.3C11H8N.C6H6.3Ir.Pt/c1-3-8-20(9-4-1)26-16-14-24-18-22-12-7-13-23-19-25-15-17-27(21-10-5-2-6-11-21)32-30(25)33(28(22)23)29(24)31-26;1-3-9-19(10-4-1)25-16-23-22-15-24-21-13-7-8-14-28(21)32(20-11-5-2-6-12-20)29(24)17-26(22)31-27(23)18-30-25;2*1-14-12-18(16-10-6-3-7-11-16)19-13-17(14)15-8-4-2-5-9-15;3*1-2-6-10(7-3-1)11-8-4-5-9-12-11;1-2-4-6-5-3-1;;;;/h1-8,10,12-17H,18-19H2;1-9,11-18,31H;2*2-10,12-13H,1H3;3*1-6,8-9H;1-6H;;;;/q-2;6*-1;;;;;+2/i;;1D3;;;;;;;;;. The maximum absolute atomic E-state index is 7.82. The van der Waals surface area contributed by atoms with Gasteiger partial charge in [-0.05, 0) is 152 Å². The number of pyridine rings is 8. The number of hydrogen-bond acceptors (Lipinski definition) is 9. The first-order valence-corrected chi connectivity index (χ1v) is 47.9. The van der Waals surface area contributed by atoms with Gasteiger partial charge < -0.3 is 39.5 Å². The van der Waals surface area contributed by atoms with Crippen molar-refractivity contribution in [3.8, 4) is 118 Å². The molecule has 3 radical (unpaired) electrons. The molecule has 11 nitrogen and oxygen atoms in total. The average molecular weight is 2630 g/mol. The average Bonchev–Trinajstić information content (AvgIpc) is 1.01. The van der Waals surface area contributed by atoms with Crippen LogP contribution in [0, 0.1) is 62.3 Å². The van der Waals surface area contributed by atoms with E-state index < -0.39 is 6.85 Å². The maximum atomic E-state index is 7.82. The second kappa shape index (κ2) is 52.5. The predicted octanol–water partition coefficient (Wildman–Crippen LogP) is 32.3. The van der Waals surface area contributed by atoms with Crippen LogP contribution in [0.3, 0.4) is 0 Å². The van der Waals surface area contributed by atoms with Gasteiger partial charge in [-0.2, -0.15) is 0 Å². The van der Waals surface area contributed by atoms with Gasteiger partial charge in [0.1, 0.15) is 11.6 Å². The summed E-state index contributed by atoms with van der Waals surface area (Å²) in [5.74, 6) is 1.93. The molecule has 12 heterocycles. The smallest absolute Gasteiger partial charge is 0.353 e. The quantitative estimate of drug-likeness (QED) is 0.126. The zero-order chi connectivity index (χ0) is 100. The van der Waals surface area contributed by atoms with Gasteiger partial charge in [0, 0.05) is 158 Å². The number of para-hydroxylation sites is 3. The summed E-state index contributed by atoms with van der Waals surface area (Å²) in [6.07, 6.45) is 12.6. The Bertz CT molecular complexity index is 8220. The van der Waals surface area contributed by atoms with Crippen molar-refractivity contribution in [3.63, 3.8) is 0 Å². The number of anilines is 3. The summed E-state index contributed by atoms with van der Waals surface area (Å²) in [5, 5.41) is 4.90. The van der Waals surface area contributed by atoms with Gasteiger partial charge in [0.15, 0.2) is 0 Å². The molecule has 729 valence electrons. The zero-order valence-electron chi connectivity index (χ0n) is 83.7. The van der Waals surface area contributed by atoms with E-state index in [1.807, 2.05) is 322 Å². The number of benzene rings is 15. The number of aryl methyl sites for hydroxylation is 2. The molecule has 149 heavy (non-hydrogen) atoms. The molecule has 0 spiro atoms. The van der Waals surface area contributed by atoms with Crippen molar-refractivity contribution in [2.24, 2.45) is 0 Å². The Morgan fingerprint density at radius 3 is 0.993 bits per heavy atom. The third-order valence-electron chi connectivity index (χ3n) is 24.5. The summed E-state index contributed by atoms with van der Waals surface area (Å²) < 4.78 is 25.8. The van der Waals surface area contributed by atoms with Crippen LogP contribution >= 0.6 is 0 Å². The molecule has 0 atom stereocenters. The summed E-state index contributed by atoms with van der Waals surface area (Å²) in [4.78, 5) is 42.5. The van der Waals surface area contributed by atoms with Crippen molar-refractivity contribution < 1.29 is 85.5 Å². The number of aromatic nitrogens is 10. The molecule has 2 aliphatic rings. The molecule has 0 saturated carbocycles. The second-order valence-electron chi connectivity index (χ2n) is 34.1. The van der Waals surface area contributed by atoms with Crippen LogP contribution in [0.15, 0.2) is 510 Å². The molecule has 2 aliphatic heterocycles. The molecular weight excluding hydrogens is 2540 g/mol. The Labute approximate surface area is 929 Å². The Morgan fingerprint density at radius 1 is 0.262 bits per heavy atom. The number of rotatable bonds is 11. The van der Waals surface area contributed by atoms with E-state index in [-0.39, 0.29) is 81.4 Å². The molecule has 0 amide bonds. The van der Waals surface area contributed by atoms with Crippen molar-refractivity contribution >= 4 is 60.9 Å². The Balaban J connectivity index is 0.000000128. The van der Waals surface area contributed by atoms with Crippen LogP contribution < -0.4 is 4.90 Å². The van der Waals surface area contributed by atoms with Crippen LogP contribution in [0.4, 0.5) is 17.3 Å². The molecule has 0 unspecified atom stereocenters. The van der Waals surface area contributed by atoms with Crippen LogP contribution in [-0.4, -0.2) is 49.4 Å². The van der Waals surface area contributed by atoms with Gasteiger partial charge in [-0.15, -0.1) is 287 Å². The summed E-state index contributed by atoms with van der Waals surface area (Å²) in [7, 11) is 0. The summed E-state index contributed by atoms with van der Waals surface area (Å²) in [6, 6.07) is 183. The Morgan fingerprint density at radius 2 is 0.604 bits per heavy atom. The van der Waals surface area contributed by atoms with Gasteiger partial charge in [0.25, 0.3) is 0 Å². The van der Waals surface area contributed by atoms with Gasteiger partial charge in [-0.3, -0.25) is 14.9 Å². The van der Waals surface area contributed by atoms with Crippen molar-refractivity contribution in [1.29, 1.82) is 0 Å². The van der Waals surface area contributed by atoms with Gasteiger partial charge in [-0.25, -0.2) is 0 Å². The van der Waals surface area contributed by atoms with E-state index in [0.717, 1.165) is 131 Å². The Hall–Kier alpha value is -16.5. The van der Waals surface area contributed by atoms with E-state index in [4.69, 9.17) is 14.1 Å². The third-order valence-corrected chi connectivity index (χ3v) is 24.5. The SMILES string of the molecule is Cc1cc(-c2[c-]cccc2)ncc1-c1ccccc1.[2H]C([2H])([2H])c1cc(-c2[c-]cccc2)ncc1-c1ccccc1.[Ir].[Ir].[Ir].[Pt+2].[c-]1ccccc1-c1cc2c(cn1)[nH]c1cc3c(cc12)c1ccccc1n3-c1ccccc1.[c-]1ccccc1-c1ccc2c(n1)N1c3nc(-c4[c-]cccc4)ccc3Cc3cccc(c31)C2.[c-]1ccccc1-c1ccccn1.[c-]1ccccc1-c1ccccn1.[c-]1ccccc1-c1ccccn1.c1ccccc1. The molecular formula is C134H95Ir3N11Pt-6. The number of nitrogens with one attached hydrogen (secondary N) is 1. The number of fused-ring (bicyclic) bond motifs is 10. The van der Waals surface area contributed by atoms with E-state index >= 15 is 0 Å². The molecule has 15 heteroatoms. The van der Waals surface area contributed by atoms with Crippen LogP contribution in [-0.2, 0) is 94.2 Å². The fraction of sp³-hybridized carbons (Fsp3) is 0.0299. The molecule has 27 rings (SSSR count). The van der Waals surface area contributed by atoms with Gasteiger partial charge in [-0.1, -0.05) is 231 Å². The van der Waals surface area contributed by atoms with Crippen LogP contribution in [0.1, 0.15) is 37.5 Å². The van der Waals surface area contributed by atoms with Crippen molar-refractivity contribution in [3.05, 3.63) is 592 Å². The minimum absolute atomic E-state index is 0. The topological polar surface area (TPSA) is 127 Å². The Kier molecular flexibility index (Phi) is 35.7. The summed E-state index contributed by atoms with van der Waals surface area (Å²) in [6.45, 7) is -0.0753. The zero-order valence-corrected chi connectivity index (χ0v) is 90.2. The first-order valence-electron chi connectivity index (χ1n) is 49.4. The van der Waals surface area contributed by atoms with E-state index in [2.05, 4.69) is 251 Å². The number of hydrogen-bond donors (Lipinski definition) is 1. The molecule has 1 N–H and O–H groups in total. The fourth-order valence-electron chi connectivity index (χ4n) is 17.6. The molecule has 25 aromatic rings. The molecule has 15 aromatic carbocycles. The molecule has 0 aliphatic carbocycles. The van der Waals surface area contributed by atoms with Crippen molar-refractivity contribution in [2.75, 3.05) is 4.90 Å². The number of nitrogens with zero attached hydrogens (tertiary/aromatic N) is 10. The minimum atomic E-state index is -2.20. The third kappa shape index (κ3) is 26.0. The number of H-pyrrole nitrogens is 1. The van der Waals surface area contributed by atoms with E-state index in [0.29, 0.717) is 16.8 Å². The van der Waals surface area contributed by atoms with E-state index in [9.17, 15) is 0 Å². The minimum Gasteiger partial charge on any atom is -0.353 e. The van der Waals surface area contributed by atoms with Crippen LogP contribution in [0.5, 0.6) is 0 Å². The summed E-state index contributed by atoms with van der Waals surface area (Å²) >= 11 is 0. The molecule has 10 aromatic heterocycles. The second-order valence-corrected chi connectivity index (χ2v) is 34.1. The summed E-state index contributed by atoms with van der Waals surface area (Å²) in [5.41, 5.74) is 32.7. The van der Waals surface area contributed by atoms with Crippen LogP contribution in [0.25, 0.3) is 162 Å². The normalized spacial score (nSPS) is 11.1. The molecule has 0 fully saturated rings. The first kappa shape index (κ1) is 101. The molecule has 0 saturated heterocycles. The fourth-order valence-corrected chi connectivity index (χ4v) is 17.6. The number of aromatic amines is 1. The van der Waals surface area contributed by atoms with Gasteiger partial charge in [0.2, 0.25) is 0 Å². The monoisotopic (exact) mass is 2630 g/mol. The van der Waals surface area contributed by atoms with Gasteiger partial charge in [0.05, 0.1) is 22.2 Å². The largest absolute Gasteiger partial charge is 2.00 e. The maximum Gasteiger partial charge on any atom is 2.00 e. The predicted molar refractivity (Wildman–Crippen MR) is 592 cm³/mol. The van der Waals surface area contributed by atoms with Gasteiger partial charge >= 0.3 is 21.1 Å². The van der Waals surface area contributed by atoms with Crippen molar-refractivity contribution in [2.45, 2.75) is 26.6 Å². The van der Waals surface area contributed by atoms with Crippen molar-refractivity contribution in [1.82, 2.24) is 49.4 Å². The van der Waals surface area contributed by atoms with E-state index in [1.54, 1.807) is 36.9 Å². The first-order chi connectivity index (χ1) is 73.0. The van der Waals surface area contributed by atoms with E-state index in [1.165, 1.54) is 77.2 Å². The molecule has 0 bridgehead atoms.